The quantitative estimate of drug-likeness (QED) is 0.677. The van der Waals surface area contributed by atoms with Gasteiger partial charge < -0.3 is 5.32 Å². The number of halogens is 3. The molecule has 1 nitrogen and oxygen atoms in total. The Bertz CT molecular complexity index is 549. The van der Waals surface area contributed by atoms with Gasteiger partial charge in [0.05, 0.1) is 15.4 Å². The lowest BCUT2D eigenvalue weighted by Gasteiger charge is -2.15. The van der Waals surface area contributed by atoms with E-state index in [-0.39, 0.29) is 6.04 Å². The molecule has 0 saturated carbocycles. The van der Waals surface area contributed by atoms with Crippen LogP contribution >= 0.6 is 57.1 Å². The molecule has 0 bridgehead atoms. The Hall–Kier alpha value is 0.190. The Balaban J connectivity index is 2.41. The third-order valence-electron chi connectivity index (χ3n) is 2.73. The molecule has 0 amide bonds. The molecule has 18 heavy (non-hydrogen) atoms. The van der Waals surface area contributed by atoms with Gasteiger partial charge in [-0.05, 0) is 65.9 Å². The van der Waals surface area contributed by atoms with Gasteiger partial charge >= 0.3 is 0 Å². The SMILES string of the molecule is CNC(c1ccc(I)c(Cl)c1)c1cc(C)c(Cl)s1. The lowest BCUT2D eigenvalue weighted by Crippen LogP contribution is -2.16. The molecule has 1 heterocycles. The van der Waals surface area contributed by atoms with E-state index in [0.29, 0.717) is 0 Å². The second-order valence-corrected chi connectivity index (χ2v) is 7.26. The molecule has 0 aliphatic heterocycles. The third-order valence-corrected chi connectivity index (χ3v) is 5.92. The van der Waals surface area contributed by atoms with Crippen LogP contribution in [0.1, 0.15) is 22.0 Å². The van der Waals surface area contributed by atoms with Crippen molar-refractivity contribution in [3.8, 4) is 0 Å². The van der Waals surface area contributed by atoms with Crippen LogP contribution in [0.15, 0.2) is 24.3 Å². The van der Waals surface area contributed by atoms with Crippen LogP contribution in [0.3, 0.4) is 0 Å². The predicted molar refractivity (Wildman–Crippen MR) is 89.1 cm³/mol. The molecule has 0 aliphatic carbocycles. The van der Waals surface area contributed by atoms with Gasteiger partial charge in [-0.25, -0.2) is 0 Å². The number of thiophene rings is 1. The van der Waals surface area contributed by atoms with Gasteiger partial charge in [-0.2, -0.15) is 0 Å². The second kappa shape index (κ2) is 6.09. The first kappa shape index (κ1) is 14.6. The summed E-state index contributed by atoms with van der Waals surface area (Å²) < 4.78 is 1.91. The smallest absolute Gasteiger partial charge is 0.0961 e. The number of hydrogen-bond acceptors (Lipinski definition) is 2. The summed E-state index contributed by atoms with van der Waals surface area (Å²) in [6.45, 7) is 2.02. The highest BCUT2D eigenvalue weighted by Gasteiger charge is 2.16. The summed E-state index contributed by atoms with van der Waals surface area (Å²) in [6.07, 6.45) is 0. The lowest BCUT2D eigenvalue weighted by molar-refractivity contribution is 0.703. The first-order chi connectivity index (χ1) is 8.52. The highest BCUT2D eigenvalue weighted by molar-refractivity contribution is 14.1. The Kier molecular flexibility index (Phi) is 4.94. The zero-order valence-electron chi connectivity index (χ0n) is 9.93. The first-order valence-corrected chi connectivity index (χ1v) is 8.06. The molecular weight excluding hydrogens is 400 g/mol. The fourth-order valence-corrected chi connectivity index (χ4v) is 3.67. The van der Waals surface area contributed by atoms with Crippen LogP contribution in [-0.2, 0) is 0 Å². The minimum absolute atomic E-state index is 0.135. The number of nitrogens with one attached hydrogen (secondary N) is 1. The van der Waals surface area contributed by atoms with Crippen LogP contribution in [0, 0.1) is 10.5 Å². The molecule has 0 radical (unpaired) electrons. The van der Waals surface area contributed by atoms with Crippen molar-refractivity contribution in [2.45, 2.75) is 13.0 Å². The fraction of sp³-hybridized carbons (Fsp3) is 0.231. The van der Waals surface area contributed by atoms with Crippen molar-refractivity contribution in [3.05, 3.63) is 53.2 Å². The van der Waals surface area contributed by atoms with Gasteiger partial charge in [0.2, 0.25) is 0 Å². The van der Waals surface area contributed by atoms with Crippen molar-refractivity contribution in [2.24, 2.45) is 0 Å². The van der Waals surface area contributed by atoms with E-state index in [1.807, 2.05) is 26.1 Å². The summed E-state index contributed by atoms with van der Waals surface area (Å²) >= 11 is 16.2. The van der Waals surface area contributed by atoms with E-state index < -0.39 is 0 Å². The zero-order chi connectivity index (χ0) is 13.3. The number of aryl methyl sites for hydroxylation is 1. The molecule has 1 aromatic heterocycles. The molecule has 0 saturated heterocycles. The number of hydrogen-bond donors (Lipinski definition) is 1. The predicted octanol–water partition coefficient (Wildman–Crippen LogP) is 5.28. The van der Waals surface area contributed by atoms with Crippen LogP contribution in [0.25, 0.3) is 0 Å². The highest BCUT2D eigenvalue weighted by atomic mass is 127. The molecular formula is C13H12Cl2INS. The van der Waals surface area contributed by atoms with Crippen LogP contribution in [-0.4, -0.2) is 7.05 Å². The molecule has 1 unspecified atom stereocenters. The molecule has 0 fully saturated rings. The maximum Gasteiger partial charge on any atom is 0.0961 e. The normalized spacial score (nSPS) is 12.7. The lowest BCUT2D eigenvalue weighted by atomic mass is 10.1. The molecule has 5 heteroatoms. The van der Waals surface area contributed by atoms with Crippen LogP contribution in [0.4, 0.5) is 0 Å². The average Bonchev–Trinajstić information content (AvgIpc) is 2.65. The highest BCUT2D eigenvalue weighted by Crippen LogP contribution is 2.35. The Morgan fingerprint density at radius 3 is 2.50 bits per heavy atom. The Morgan fingerprint density at radius 2 is 2.00 bits per heavy atom. The summed E-state index contributed by atoms with van der Waals surface area (Å²) in [5.74, 6) is 0. The molecule has 0 aliphatic rings. The second-order valence-electron chi connectivity index (χ2n) is 4.00. The van der Waals surface area contributed by atoms with Crippen LogP contribution in [0.2, 0.25) is 9.36 Å². The molecule has 96 valence electrons. The van der Waals surface area contributed by atoms with Crippen molar-refractivity contribution in [1.29, 1.82) is 0 Å². The van der Waals surface area contributed by atoms with E-state index in [1.165, 1.54) is 4.88 Å². The van der Waals surface area contributed by atoms with Crippen molar-refractivity contribution >= 4 is 57.1 Å². The minimum atomic E-state index is 0.135. The summed E-state index contributed by atoms with van der Waals surface area (Å²) in [4.78, 5) is 1.21. The molecule has 0 spiro atoms. The van der Waals surface area contributed by atoms with Crippen molar-refractivity contribution < 1.29 is 0 Å². The molecule has 1 aromatic carbocycles. The van der Waals surface area contributed by atoms with E-state index in [2.05, 4.69) is 40.0 Å². The molecule has 2 aromatic rings. The molecule has 1 atom stereocenters. The average molecular weight is 412 g/mol. The van der Waals surface area contributed by atoms with Crippen LogP contribution < -0.4 is 5.32 Å². The maximum atomic E-state index is 6.18. The standard InChI is InChI=1S/C13H12Cl2INS/c1-7-5-11(18-13(7)15)12(17-2)8-3-4-10(16)9(14)6-8/h3-6,12,17H,1-2H3. The van der Waals surface area contributed by atoms with Crippen molar-refractivity contribution in [3.63, 3.8) is 0 Å². The topological polar surface area (TPSA) is 12.0 Å². The third kappa shape index (κ3) is 3.02. The summed E-state index contributed by atoms with van der Waals surface area (Å²) in [5.41, 5.74) is 2.27. The van der Waals surface area contributed by atoms with Gasteiger partial charge in [0.1, 0.15) is 0 Å². The van der Waals surface area contributed by atoms with Gasteiger partial charge in [-0.1, -0.05) is 29.3 Å². The van der Waals surface area contributed by atoms with Gasteiger partial charge in [0.15, 0.2) is 0 Å². The van der Waals surface area contributed by atoms with Gasteiger partial charge in [0.25, 0.3) is 0 Å². The first-order valence-electron chi connectivity index (χ1n) is 5.41. The van der Waals surface area contributed by atoms with E-state index in [1.54, 1.807) is 11.3 Å². The van der Waals surface area contributed by atoms with E-state index >= 15 is 0 Å². The van der Waals surface area contributed by atoms with Crippen LogP contribution in [0.5, 0.6) is 0 Å². The largest absolute Gasteiger partial charge is 0.309 e. The molecule has 1 N–H and O–H groups in total. The minimum Gasteiger partial charge on any atom is -0.309 e. The van der Waals surface area contributed by atoms with E-state index in [0.717, 1.165) is 24.1 Å². The van der Waals surface area contributed by atoms with Gasteiger partial charge in [0, 0.05) is 8.45 Å². The van der Waals surface area contributed by atoms with E-state index in [4.69, 9.17) is 23.2 Å². The Labute approximate surface area is 135 Å². The Morgan fingerprint density at radius 1 is 1.28 bits per heavy atom. The zero-order valence-corrected chi connectivity index (χ0v) is 14.4. The summed E-state index contributed by atoms with van der Waals surface area (Å²) in [5, 5.41) is 4.10. The van der Waals surface area contributed by atoms with Crippen molar-refractivity contribution in [1.82, 2.24) is 5.32 Å². The van der Waals surface area contributed by atoms with Crippen molar-refractivity contribution in [2.75, 3.05) is 7.05 Å². The molecule has 2 rings (SSSR count). The number of benzene rings is 1. The van der Waals surface area contributed by atoms with E-state index in [9.17, 15) is 0 Å². The summed E-state index contributed by atoms with van der Waals surface area (Å²) in [7, 11) is 1.94. The fourth-order valence-electron chi connectivity index (χ4n) is 1.79. The monoisotopic (exact) mass is 411 g/mol. The number of rotatable bonds is 3. The van der Waals surface area contributed by atoms with Gasteiger partial charge in [-0.15, -0.1) is 11.3 Å². The van der Waals surface area contributed by atoms with Gasteiger partial charge in [-0.3, -0.25) is 0 Å². The maximum absolute atomic E-state index is 6.18. The summed E-state index contributed by atoms with van der Waals surface area (Å²) in [6, 6.07) is 8.39.